The van der Waals surface area contributed by atoms with E-state index in [2.05, 4.69) is 264 Å². The lowest BCUT2D eigenvalue weighted by molar-refractivity contribution is 0.332. The Morgan fingerprint density at radius 2 is 1.05 bits per heavy atom. The van der Waals surface area contributed by atoms with Gasteiger partial charge in [0.15, 0.2) is 7.28 Å². The van der Waals surface area contributed by atoms with Crippen LogP contribution in [0.2, 0.25) is 0 Å². The van der Waals surface area contributed by atoms with Gasteiger partial charge in [-0.2, -0.15) is 0 Å². The van der Waals surface area contributed by atoms with Gasteiger partial charge in [0, 0.05) is 81.5 Å². The third-order valence-electron chi connectivity index (χ3n) is 19.1. The van der Waals surface area contributed by atoms with E-state index in [1.165, 1.54) is 133 Å². The maximum atomic E-state index is 4.21. The van der Waals surface area contributed by atoms with Crippen molar-refractivity contribution in [2.75, 3.05) is 10.2 Å². The van der Waals surface area contributed by atoms with E-state index in [1.807, 2.05) is 11.3 Å². The van der Waals surface area contributed by atoms with E-state index in [9.17, 15) is 0 Å². The van der Waals surface area contributed by atoms with E-state index >= 15 is 0 Å². The van der Waals surface area contributed by atoms with Gasteiger partial charge in [-0.15, -0.1) is 11.3 Å². The van der Waals surface area contributed by atoms with Gasteiger partial charge in [0.1, 0.15) is 0 Å². The molecule has 0 atom stereocenters. The largest absolute Gasteiger partial charge is 0.355 e. The van der Waals surface area contributed by atoms with Crippen molar-refractivity contribution >= 4 is 111 Å². The van der Waals surface area contributed by atoms with Crippen LogP contribution in [0, 0.1) is 0 Å². The van der Waals surface area contributed by atoms with Crippen LogP contribution in [0.5, 0.6) is 0 Å². The van der Waals surface area contributed by atoms with Crippen LogP contribution in [0.25, 0.3) is 80.7 Å². The molecule has 2 aliphatic carbocycles. The summed E-state index contributed by atoms with van der Waals surface area (Å²) in [5.41, 5.74) is 23.3. The van der Waals surface area contributed by atoms with Gasteiger partial charge in [0.05, 0.1) is 5.52 Å². The molecule has 1 N–H and O–H groups in total. The number of para-hydroxylation sites is 2. The quantitative estimate of drug-likeness (QED) is 0.161. The lowest BCUT2D eigenvalue weighted by Crippen LogP contribution is -2.41. The summed E-state index contributed by atoms with van der Waals surface area (Å²) in [6, 6.07) is 74.0. The molecule has 0 radical (unpaired) electrons. The molecule has 0 bridgehead atoms. The fourth-order valence-corrected chi connectivity index (χ4v) is 15.6. The number of hydrogen-bond donors (Lipinski definition) is 1. The van der Waals surface area contributed by atoms with Crippen molar-refractivity contribution in [1.29, 1.82) is 0 Å². The number of hydrogen-bond acceptors (Lipinski definition) is 3. The van der Waals surface area contributed by atoms with Crippen LogP contribution in [-0.4, -0.2) is 11.8 Å². The van der Waals surface area contributed by atoms with Gasteiger partial charge in [-0.3, -0.25) is 0 Å². The molecule has 0 fully saturated rings. The molecular weight excluding hydrogens is 974 g/mol. The Morgan fingerprint density at radius 3 is 1.77 bits per heavy atom. The lowest BCUT2D eigenvalue weighted by atomic mass is 9.55. The number of thiophene rings is 1. The van der Waals surface area contributed by atoms with Crippen LogP contribution in [0.4, 0.5) is 28.4 Å². The summed E-state index contributed by atoms with van der Waals surface area (Å²) in [5, 5.41) is 12.0. The molecule has 3 aliphatic rings. The molecule has 15 rings (SSSR count). The minimum Gasteiger partial charge on any atom is -0.355 e. The van der Waals surface area contributed by atoms with Crippen LogP contribution in [-0.2, 0) is 21.7 Å². The summed E-state index contributed by atoms with van der Waals surface area (Å²) in [6.45, 7) is 19.6. The smallest absolute Gasteiger partial charge is 0.198 e. The summed E-state index contributed by atoms with van der Waals surface area (Å²) in [5.74, 6) is 0. The zero-order valence-corrected chi connectivity index (χ0v) is 47.6. The number of anilines is 5. The maximum Gasteiger partial charge on any atom is 0.198 e. The average molecular weight is 1040 g/mol. The van der Waals surface area contributed by atoms with Crippen LogP contribution >= 0.6 is 11.3 Å². The van der Waals surface area contributed by atoms with E-state index in [0.717, 1.165) is 42.1 Å². The Hall–Kier alpha value is -7.86. The second kappa shape index (κ2) is 17.3. The number of benzene rings is 10. The van der Waals surface area contributed by atoms with Gasteiger partial charge in [0.2, 0.25) is 0 Å². The fourth-order valence-electron chi connectivity index (χ4n) is 14.4. The highest BCUT2D eigenvalue weighted by atomic mass is 32.1. The minimum atomic E-state index is 0.0499. The summed E-state index contributed by atoms with van der Waals surface area (Å²) in [4.78, 5) is 2.40. The van der Waals surface area contributed by atoms with E-state index < -0.39 is 0 Å². The SMILES string of the molecule is CC1(C)CCC(C)(C)c2cc(Nc3cc(N(c4ccccc4)c4ccccc4)ccc3-c3cc(-c4ccc5c(c4)sc4ccccc45)c4c5ccc6ccccc6c5n5c4c3Bc3cc4c(cc3-5)C(C)(C)CCC4(C)C)ccc21. The number of nitrogens with one attached hydrogen (secondary N) is 1. The second-order valence-electron chi connectivity index (χ2n) is 25.9. The molecule has 0 saturated carbocycles. The summed E-state index contributed by atoms with van der Waals surface area (Å²) in [6.07, 6.45) is 4.67. The van der Waals surface area contributed by atoms with Crippen molar-refractivity contribution in [3.63, 3.8) is 0 Å². The third-order valence-corrected chi connectivity index (χ3v) is 20.2. The molecule has 3 nitrogen and oxygen atoms in total. The first-order valence-corrected chi connectivity index (χ1v) is 29.5. The van der Waals surface area contributed by atoms with Crippen LogP contribution in [0.1, 0.15) is 103 Å². The first-order valence-electron chi connectivity index (χ1n) is 28.7. The normalized spacial score (nSPS) is 16.4. The molecule has 386 valence electrons. The summed E-state index contributed by atoms with van der Waals surface area (Å²) in [7, 11) is 0.818. The van der Waals surface area contributed by atoms with Gasteiger partial charge in [0.25, 0.3) is 0 Å². The number of rotatable bonds is 7. The van der Waals surface area contributed by atoms with E-state index in [4.69, 9.17) is 0 Å². The lowest BCUT2D eigenvalue weighted by Gasteiger charge is -2.43. The molecule has 0 unspecified atom stereocenters. The van der Waals surface area contributed by atoms with Crippen molar-refractivity contribution in [3.8, 4) is 27.9 Å². The van der Waals surface area contributed by atoms with Crippen molar-refractivity contribution in [2.24, 2.45) is 0 Å². The van der Waals surface area contributed by atoms with E-state index in [1.54, 1.807) is 0 Å². The standard InChI is InChI=1S/C74H66BN3S/c1-71(2)35-36-72(3,4)59-40-47(29-34-58(59)71)76-63-41-50(77(48-20-11-9-12-21-48)49-22-13-10-14-23-49)30-33-52(63)57-42-56(46-28-31-54-53-25-17-18-26-65(53)79-66(54)39-46)67-55-32-27-45-19-15-16-24-51(45)69(55)78-64-44-61-60(43-62(64)75-68(57)70(67)78)73(5,6)37-38-74(61,7)8/h9-34,39-44,75-76H,35-38H2,1-8H3. The first kappa shape index (κ1) is 48.3. The van der Waals surface area contributed by atoms with Crippen LogP contribution < -0.4 is 21.1 Å². The monoisotopic (exact) mass is 1040 g/mol. The molecule has 10 aromatic carbocycles. The highest BCUT2D eigenvalue weighted by Gasteiger charge is 2.41. The number of aromatic nitrogens is 1. The molecule has 0 saturated heterocycles. The molecule has 3 heterocycles. The van der Waals surface area contributed by atoms with Gasteiger partial charge >= 0.3 is 0 Å². The summed E-state index contributed by atoms with van der Waals surface area (Å²) < 4.78 is 5.36. The van der Waals surface area contributed by atoms with Gasteiger partial charge in [-0.1, -0.05) is 182 Å². The first-order chi connectivity index (χ1) is 38.1. The zero-order chi connectivity index (χ0) is 53.7. The molecule has 2 aromatic heterocycles. The highest BCUT2D eigenvalue weighted by molar-refractivity contribution is 7.25. The van der Waals surface area contributed by atoms with Crippen molar-refractivity contribution < 1.29 is 0 Å². The Balaban J connectivity index is 1.06. The summed E-state index contributed by atoms with van der Waals surface area (Å²) >= 11 is 1.90. The Kier molecular flexibility index (Phi) is 10.6. The molecular formula is C74H66BN3S. The van der Waals surface area contributed by atoms with Gasteiger partial charge in [-0.25, -0.2) is 0 Å². The molecule has 1 aliphatic heterocycles. The van der Waals surface area contributed by atoms with Crippen molar-refractivity contribution in [3.05, 3.63) is 216 Å². The Labute approximate surface area is 469 Å². The van der Waals surface area contributed by atoms with Gasteiger partial charge < -0.3 is 14.8 Å². The maximum absolute atomic E-state index is 4.21. The van der Waals surface area contributed by atoms with Crippen LogP contribution in [0.15, 0.2) is 194 Å². The predicted octanol–water partition coefficient (Wildman–Crippen LogP) is 19.3. The van der Waals surface area contributed by atoms with Gasteiger partial charge in [-0.05, 0) is 170 Å². The Morgan fingerprint density at radius 1 is 0.443 bits per heavy atom. The molecule has 0 spiro atoms. The van der Waals surface area contributed by atoms with Crippen LogP contribution in [0.3, 0.4) is 0 Å². The molecule has 79 heavy (non-hydrogen) atoms. The molecule has 5 heteroatoms. The van der Waals surface area contributed by atoms with E-state index in [0.29, 0.717) is 0 Å². The zero-order valence-electron chi connectivity index (χ0n) is 46.8. The number of nitrogens with zero attached hydrogens (tertiary/aromatic N) is 2. The average Bonchev–Trinajstić information content (AvgIpc) is 2.52. The third kappa shape index (κ3) is 7.52. The fraction of sp³-hybridized carbons (Fsp3) is 0.216. The minimum absolute atomic E-state index is 0.0499. The van der Waals surface area contributed by atoms with E-state index in [-0.39, 0.29) is 21.7 Å². The molecule has 12 aromatic rings. The second-order valence-corrected chi connectivity index (χ2v) is 26.9. The predicted molar refractivity (Wildman–Crippen MR) is 343 cm³/mol. The van der Waals surface area contributed by atoms with Crippen molar-refractivity contribution in [1.82, 2.24) is 4.57 Å². The topological polar surface area (TPSA) is 20.2 Å². The van der Waals surface area contributed by atoms with Crippen molar-refractivity contribution in [2.45, 2.75) is 103 Å². The highest BCUT2D eigenvalue weighted by Crippen LogP contribution is 2.52. The number of fused-ring (bicyclic) bond motifs is 12. The Bertz CT molecular complexity index is 4460. The molecule has 0 amide bonds.